The number of rotatable bonds is 9. The molecule has 4 rings (SSSR count). The Morgan fingerprint density at radius 3 is 2.68 bits per heavy atom. The van der Waals surface area contributed by atoms with Crippen LogP contribution in [0.15, 0.2) is 78.0 Å². The number of fused-ring (bicyclic) bond motifs is 1. The molecule has 0 fully saturated rings. The topological polar surface area (TPSA) is 82.4 Å². The van der Waals surface area contributed by atoms with Gasteiger partial charge in [-0.1, -0.05) is 59.8 Å². The van der Waals surface area contributed by atoms with Gasteiger partial charge >= 0.3 is 5.97 Å². The number of methoxy groups -OCH3 is 1. The quantitative estimate of drug-likeness (QED) is 0.280. The predicted octanol–water partition coefficient (Wildman–Crippen LogP) is 4.68. The lowest BCUT2D eigenvalue weighted by molar-refractivity contribution is -0.144. The summed E-state index contributed by atoms with van der Waals surface area (Å²) >= 11 is 1.29. The van der Waals surface area contributed by atoms with E-state index in [-0.39, 0.29) is 12.4 Å². The average molecular weight is 476 g/mol. The van der Waals surface area contributed by atoms with Crippen LogP contribution in [0.1, 0.15) is 11.1 Å². The van der Waals surface area contributed by atoms with Crippen molar-refractivity contribution in [3.63, 3.8) is 0 Å². The third-order valence-electron chi connectivity index (χ3n) is 5.08. The fraction of sp³-hybridized carbons (Fsp3) is 0.192. The van der Waals surface area contributed by atoms with E-state index in [1.54, 1.807) is 31.4 Å². The summed E-state index contributed by atoms with van der Waals surface area (Å²) in [6.45, 7) is 2.34. The van der Waals surface area contributed by atoms with Crippen molar-refractivity contribution in [2.75, 3.05) is 24.8 Å². The van der Waals surface area contributed by atoms with E-state index in [1.165, 1.54) is 17.3 Å². The molecule has 0 unspecified atom stereocenters. The first-order valence-electron chi connectivity index (χ1n) is 10.7. The van der Waals surface area contributed by atoms with E-state index < -0.39 is 11.9 Å². The normalized spacial score (nSPS) is 10.8. The number of ether oxygens (including phenoxy) is 2. The van der Waals surface area contributed by atoms with Crippen LogP contribution >= 0.6 is 11.8 Å². The van der Waals surface area contributed by atoms with E-state index in [2.05, 4.69) is 35.0 Å². The molecule has 0 spiro atoms. The van der Waals surface area contributed by atoms with E-state index >= 15 is 0 Å². The summed E-state index contributed by atoms with van der Waals surface area (Å²) in [4.78, 5) is 29.2. The second kappa shape index (κ2) is 10.9. The Morgan fingerprint density at radius 2 is 1.85 bits per heavy atom. The van der Waals surface area contributed by atoms with Gasteiger partial charge in [-0.15, -0.1) is 0 Å². The third kappa shape index (κ3) is 5.96. The molecule has 1 N–H and O–H groups in total. The first-order chi connectivity index (χ1) is 16.5. The zero-order chi connectivity index (χ0) is 23.9. The summed E-state index contributed by atoms with van der Waals surface area (Å²) < 4.78 is 12.4. The molecule has 0 aliphatic heterocycles. The SMILES string of the molecule is COc1cccc(NC(=O)COC(=O)CSc2nc3ccccc3n2Cc2cccc(C)c2)c1. The molecule has 1 amide bonds. The highest BCUT2D eigenvalue weighted by Gasteiger charge is 2.15. The van der Waals surface area contributed by atoms with Crippen molar-refractivity contribution in [3.05, 3.63) is 83.9 Å². The number of benzene rings is 3. The van der Waals surface area contributed by atoms with Crippen molar-refractivity contribution in [2.45, 2.75) is 18.6 Å². The number of aromatic nitrogens is 2. The number of carbonyl (C=O) groups is 2. The van der Waals surface area contributed by atoms with Crippen molar-refractivity contribution in [2.24, 2.45) is 0 Å². The standard InChI is InChI=1S/C26H25N3O4S/c1-18-7-5-8-19(13-18)15-29-23-12-4-3-11-22(23)28-26(29)34-17-25(31)33-16-24(30)27-20-9-6-10-21(14-20)32-2/h3-14H,15-17H2,1-2H3,(H,27,30). The molecule has 1 aromatic heterocycles. The summed E-state index contributed by atoms with van der Waals surface area (Å²) in [5.74, 6) is -0.234. The Morgan fingerprint density at radius 1 is 1.03 bits per heavy atom. The van der Waals surface area contributed by atoms with Gasteiger partial charge in [-0.05, 0) is 36.8 Å². The van der Waals surface area contributed by atoms with Gasteiger partial charge in [-0.2, -0.15) is 0 Å². The Balaban J connectivity index is 1.37. The van der Waals surface area contributed by atoms with Gasteiger partial charge in [-0.3, -0.25) is 9.59 Å². The largest absolute Gasteiger partial charge is 0.497 e. The van der Waals surface area contributed by atoms with Gasteiger partial charge in [0.1, 0.15) is 5.75 Å². The molecule has 0 radical (unpaired) electrons. The minimum Gasteiger partial charge on any atom is -0.497 e. The zero-order valence-corrected chi connectivity index (χ0v) is 19.8. The molecule has 0 saturated carbocycles. The second-order valence-electron chi connectivity index (χ2n) is 7.69. The highest BCUT2D eigenvalue weighted by Crippen LogP contribution is 2.25. The van der Waals surface area contributed by atoms with Crippen LogP contribution in [-0.2, 0) is 20.9 Å². The summed E-state index contributed by atoms with van der Waals surface area (Å²) in [6, 6.07) is 23.2. The number of esters is 1. The van der Waals surface area contributed by atoms with Gasteiger partial charge in [0.2, 0.25) is 0 Å². The molecule has 34 heavy (non-hydrogen) atoms. The highest BCUT2D eigenvalue weighted by molar-refractivity contribution is 7.99. The maximum Gasteiger partial charge on any atom is 0.316 e. The third-order valence-corrected chi connectivity index (χ3v) is 6.03. The molecule has 0 saturated heterocycles. The number of carbonyl (C=O) groups excluding carboxylic acids is 2. The number of para-hydroxylation sites is 2. The van der Waals surface area contributed by atoms with Gasteiger partial charge in [-0.25, -0.2) is 4.98 Å². The van der Waals surface area contributed by atoms with Crippen molar-refractivity contribution in [1.29, 1.82) is 0 Å². The summed E-state index contributed by atoms with van der Waals surface area (Å²) in [5.41, 5.74) is 4.77. The maximum absolute atomic E-state index is 12.3. The molecule has 4 aromatic rings. The average Bonchev–Trinajstić information content (AvgIpc) is 3.19. The lowest BCUT2D eigenvalue weighted by Gasteiger charge is -2.10. The van der Waals surface area contributed by atoms with E-state index in [1.807, 2.05) is 30.3 Å². The smallest absolute Gasteiger partial charge is 0.316 e. The van der Waals surface area contributed by atoms with Crippen molar-refractivity contribution in [3.8, 4) is 5.75 Å². The van der Waals surface area contributed by atoms with Crippen LogP contribution in [0.5, 0.6) is 5.75 Å². The van der Waals surface area contributed by atoms with Crippen LogP contribution in [-0.4, -0.2) is 40.9 Å². The van der Waals surface area contributed by atoms with Crippen LogP contribution in [0.2, 0.25) is 0 Å². The lowest BCUT2D eigenvalue weighted by Crippen LogP contribution is -2.21. The molecule has 7 nitrogen and oxygen atoms in total. The number of nitrogens with one attached hydrogen (secondary N) is 1. The van der Waals surface area contributed by atoms with Crippen molar-refractivity contribution in [1.82, 2.24) is 9.55 Å². The van der Waals surface area contributed by atoms with Crippen LogP contribution in [0.3, 0.4) is 0 Å². The lowest BCUT2D eigenvalue weighted by atomic mass is 10.1. The summed E-state index contributed by atoms with van der Waals surface area (Å²) in [5, 5.41) is 3.41. The number of aryl methyl sites for hydroxylation is 1. The summed E-state index contributed by atoms with van der Waals surface area (Å²) in [7, 11) is 1.55. The number of thioether (sulfide) groups is 1. The van der Waals surface area contributed by atoms with Gasteiger partial charge in [0, 0.05) is 11.8 Å². The number of nitrogens with zero attached hydrogens (tertiary/aromatic N) is 2. The second-order valence-corrected chi connectivity index (χ2v) is 8.63. The number of hydrogen-bond donors (Lipinski definition) is 1. The molecule has 0 bridgehead atoms. The predicted molar refractivity (Wildman–Crippen MR) is 133 cm³/mol. The number of amides is 1. The highest BCUT2D eigenvalue weighted by atomic mass is 32.2. The van der Waals surface area contributed by atoms with E-state index in [9.17, 15) is 9.59 Å². The Kier molecular flexibility index (Phi) is 7.49. The fourth-order valence-corrected chi connectivity index (χ4v) is 4.33. The van der Waals surface area contributed by atoms with E-state index in [4.69, 9.17) is 14.5 Å². The first-order valence-corrected chi connectivity index (χ1v) is 11.7. The molecule has 0 aliphatic rings. The molecule has 174 valence electrons. The Labute approximate surface area is 202 Å². The van der Waals surface area contributed by atoms with Gasteiger partial charge < -0.3 is 19.4 Å². The van der Waals surface area contributed by atoms with Crippen LogP contribution in [0.25, 0.3) is 11.0 Å². The van der Waals surface area contributed by atoms with Gasteiger partial charge in [0.25, 0.3) is 5.91 Å². The molecule has 0 atom stereocenters. The maximum atomic E-state index is 12.3. The molecular formula is C26H25N3O4S. The molecule has 1 heterocycles. The first kappa shape index (κ1) is 23.4. The van der Waals surface area contributed by atoms with Crippen LogP contribution in [0.4, 0.5) is 5.69 Å². The minimum atomic E-state index is -0.486. The van der Waals surface area contributed by atoms with E-state index in [0.717, 1.165) is 21.8 Å². The number of hydrogen-bond acceptors (Lipinski definition) is 6. The minimum absolute atomic E-state index is 0.0452. The number of anilines is 1. The summed E-state index contributed by atoms with van der Waals surface area (Å²) in [6.07, 6.45) is 0. The van der Waals surface area contributed by atoms with E-state index in [0.29, 0.717) is 18.0 Å². The molecule has 0 aliphatic carbocycles. The van der Waals surface area contributed by atoms with Crippen LogP contribution in [0, 0.1) is 6.92 Å². The Hall–Kier alpha value is -3.78. The van der Waals surface area contributed by atoms with Crippen LogP contribution < -0.4 is 10.1 Å². The number of imidazole rings is 1. The fourth-order valence-electron chi connectivity index (χ4n) is 3.52. The Bertz CT molecular complexity index is 1320. The van der Waals surface area contributed by atoms with Gasteiger partial charge in [0.05, 0.1) is 30.4 Å². The van der Waals surface area contributed by atoms with Gasteiger partial charge in [0.15, 0.2) is 11.8 Å². The van der Waals surface area contributed by atoms with Crippen molar-refractivity contribution < 1.29 is 19.1 Å². The zero-order valence-electron chi connectivity index (χ0n) is 19.0. The van der Waals surface area contributed by atoms with Crippen molar-refractivity contribution >= 4 is 40.4 Å². The molecule has 8 heteroatoms. The molecular weight excluding hydrogens is 450 g/mol. The molecule has 3 aromatic carbocycles. The monoisotopic (exact) mass is 475 g/mol.